The SMILES string of the molecule is CC1(C)O[C@@H]2CS[C@@H](n3ccc(=O)[nH]c3=O)[C@]2(C)O1. The molecule has 7 heteroatoms. The largest absolute Gasteiger partial charge is 0.343 e. The monoisotopic (exact) mass is 284 g/mol. The molecule has 2 saturated heterocycles. The fourth-order valence-electron chi connectivity index (χ4n) is 2.80. The van der Waals surface area contributed by atoms with Gasteiger partial charge in [-0.3, -0.25) is 14.3 Å². The minimum Gasteiger partial charge on any atom is -0.343 e. The standard InChI is InChI=1S/C12H16N2O4S/c1-11(2)17-7-6-19-9(12(7,3)18-11)14-5-4-8(15)13-10(14)16/h4-5,7,9H,6H2,1-3H3,(H,13,15,16)/t7-,9-,12-/m1/s1. The molecule has 0 saturated carbocycles. The van der Waals surface area contributed by atoms with Gasteiger partial charge in [0.15, 0.2) is 5.79 Å². The summed E-state index contributed by atoms with van der Waals surface area (Å²) in [4.78, 5) is 25.3. The van der Waals surface area contributed by atoms with Crippen molar-refractivity contribution in [2.24, 2.45) is 0 Å². The molecule has 1 aromatic rings. The average Bonchev–Trinajstić information content (AvgIpc) is 2.67. The van der Waals surface area contributed by atoms with Crippen molar-refractivity contribution in [1.82, 2.24) is 9.55 Å². The van der Waals surface area contributed by atoms with Crippen LogP contribution in [-0.2, 0) is 9.47 Å². The summed E-state index contributed by atoms with van der Waals surface area (Å²) in [6.07, 6.45) is 1.46. The Hall–Kier alpha value is -1.05. The third kappa shape index (κ3) is 1.96. The number of fused-ring (bicyclic) bond motifs is 1. The van der Waals surface area contributed by atoms with Gasteiger partial charge in [0.05, 0.1) is 0 Å². The van der Waals surface area contributed by atoms with Gasteiger partial charge in [0.2, 0.25) is 0 Å². The Morgan fingerprint density at radius 3 is 2.84 bits per heavy atom. The van der Waals surface area contributed by atoms with Crippen LogP contribution in [0.15, 0.2) is 21.9 Å². The molecule has 6 nitrogen and oxygen atoms in total. The van der Waals surface area contributed by atoms with E-state index >= 15 is 0 Å². The molecule has 104 valence electrons. The third-order valence-corrected chi connectivity index (χ3v) is 5.04. The van der Waals surface area contributed by atoms with Crippen LogP contribution in [0.2, 0.25) is 0 Å². The predicted molar refractivity (Wildman–Crippen MR) is 71.3 cm³/mol. The second-order valence-electron chi connectivity index (χ2n) is 5.50. The first-order chi connectivity index (χ1) is 8.82. The molecule has 0 radical (unpaired) electrons. The van der Waals surface area contributed by atoms with Gasteiger partial charge in [-0.1, -0.05) is 0 Å². The number of aromatic amines is 1. The molecule has 1 aromatic heterocycles. The van der Waals surface area contributed by atoms with Gasteiger partial charge in [0.1, 0.15) is 17.1 Å². The fourth-order valence-corrected chi connectivity index (χ4v) is 4.41. The molecule has 19 heavy (non-hydrogen) atoms. The quantitative estimate of drug-likeness (QED) is 0.821. The maximum absolute atomic E-state index is 11.9. The van der Waals surface area contributed by atoms with Crippen LogP contribution >= 0.6 is 11.8 Å². The Balaban J connectivity index is 2.03. The number of H-pyrrole nitrogens is 1. The van der Waals surface area contributed by atoms with Crippen molar-refractivity contribution in [1.29, 1.82) is 0 Å². The van der Waals surface area contributed by atoms with Crippen LogP contribution in [0.3, 0.4) is 0 Å². The van der Waals surface area contributed by atoms with Crippen LogP contribution in [0.1, 0.15) is 26.1 Å². The van der Waals surface area contributed by atoms with E-state index in [0.29, 0.717) is 0 Å². The Morgan fingerprint density at radius 2 is 2.16 bits per heavy atom. The molecule has 1 N–H and O–H groups in total. The molecule has 3 rings (SSSR count). The topological polar surface area (TPSA) is 73.3 Å². The van der Waals surface area contributed by atoms with E-state index in [4.69, 9.17) is 9.47 Å². The van der Waals surface area contributed by atoms with Crippen molar-refractivity contribution in [2.45, 2.75) is 43.6 Å². The minimum absolute atomic E-state index is 0.0590. The Morgan fingerprint density at radius 1 is 1.42 bits per heavy atom. The van der Waals surface area contributed by atoms with Gasteiger partial charge >= 0.3 is 5.69 Å². The number of rotatable bonds is 1. The molecule has 0 aromatic carbocycles. The van der Waals surface area contributed by atoms with E-state index in [1.165, 1.54) is 16.8 Å². The van der Waals surface area contributed by atoms with Crippen LogP contribution in [0.5, 0.6) is 0 Å². The van der Waals surface area contributed by atoms with Crippen LogP contribution in [0, 0.1) is 0 Å². The average molecular weight is 284 g/mol. The highest BCUT2D eigenvalue weighted by atomic mass is 32.2. The maximum atomic E-state index is 11.9. The van der Waals surface area contributed by atoms with Gasteiger partial charge in [-0.05, 0) is 20.8 Å². The molecule has 2 fully saturated rings. The number of thioether (sulfide) groups is 1. The molecule has 2 aliphatic heterocycles. The van der Waals surface area contributed by atoms with Gasteiger partial charge in [-0.15, -0.1) is 11.8 Å². The molecule has 0 amide bonds. The summed E-state index contributed by atoms with van der Waals surface area (Å²) >= 11 is 1.60. The van der Waals surface area contributed by atoms with E-state index < -0.39 is 22.6 Å². The molecule has 0 unspecified atom stereocenters. The summed E-state index contributed by atoms with van der Waals surface area (Å²) < 4.78 is 13.4. The van der Waals surface area contributed by atoms with Gasteiger partial charge in [0.25, 0.3) is 5.56 Å². The van der Waals surface area contributed by atoms with Crippen molar-refractivity contribution in [3.8, 4) is 0 Å². The van der Waals surface area contributed by atoms with Crippen LogP contribution in [0.4, 0.5) is 0 Å². The molecule has 0 spiro atoms. The van der Waals surface area contributed by atoms with E-state index in [9.17, 15) is 9.59 Å². The van der Waals surface area contributed by atoms with Crippen molar-refractivity contribution in [3.05, 3.63) is 33.1 Å². The zero-order valence-corrected chi connectivity index (χ0v) is 11.8. The second kappa shape index (κ2) is 3.97. The summed E-state index contributed by atoms with van der Waals surface area (Å²) in [7, 11) is 0. The highest BCUT2D eigenvalue weighted by Crippen LogP contribution is 2.53. The van der Waals surface area contributed by atoms with Crippen LogP contribution < -0.4 is 11.2 Å². The number of nitrogens with one attached hydrogen (secondary N) is 1. The second-order valence-corrected chi connectivity index (χ2v) is 6.61. The Bertz CT molecular complexity index is 623. The highest BCUT2D eigenvalue weighted by Gasteiger charge is 2.59. The normalized spacial score (nSPS) is 36.4. The lowest BCUT2D eigenvalue weighted by Gasteiger charge is -2.30. The third-order valence-electron chi connectivity index (χ3n) is 3.53. The Kier molecular flexibility index (Phi) is 2.71. The van der Waals surface area contributed by atoms with Gasteiger partial charge < -0.3 is 9.47 Å². The molecule has 3 heterocycles. The number of hydrogen-bond donors (Lipinski definition) is 1. The van der Waals surface area contributed by atoms with E-state index in [-0.39, 0.29) is 11.5 Å². The molecule has 3 atom stereocenters. The van der Waals surface area contributed by atoms with Crippen molar-refractivity contribution in [3.63, 3.8) is 0 Å². The number of aromatic nitrogens is 2. The zero-order valence-electron chi connectivity index (χ0n) is 11.0. The van der Waals surface area contributed by atoms with E-state index in [2.05, 4.69) is 4.98 Å². The number of nitrogens with zero attached hydrogens (tertiary/aromatic N) is 1. The summed E-state index contributed by atoms with van der Waals surface area (Å²) in [6, 6.07) is 1.35. The van der Waals surface area contributed by atoms with E-state index in [1.807, 2.05) is 20.8 Å². The van der Waals surface area contributed by atoms with Gasteiger partial charge in [0, 0.05) is 18.0 Å². The van der Waals surface area contributed by atoms with Gasteiger partial charge in [-0.2, -0.15) is 0 Å². The first kappa shape index (κ1) is 13.0. The van der Waals surface area contributed by atoms with Crippen LogP contribution in [-0.4, -0.2) is 32.8 Å². The lowest BCUT2D eigenvalue weighted by molar-refractivity contribution is -0.163. The first-order valence-electron chi connectivity index (χ1n) is 6.13. The lowest BCUT2D eigenvalue weighted by atomic mass is 10.0. The van der Waals surface area contributed by atoms with Crippen molar-refractivity contribution in [2.75, 3.05) is 5.75 Å². The molecular formula is C12H16N2O4S. The smallest absolute Gasteiger partial charge is 0.329 e. The molecule has 2 aliphatic rings. The lowest BCUT2D eigenvalue weighted by Crippen LogP contribution is -2.44. The maximum Gasteiger partial charge on any atom is 0.329 e. The summed E-state index contributed by atoms with van der Waals surface area (Å²) in [5, 5.41) is -0.205. The van der Waals surface area contributed by atoms with Crippen LogP contribution in [0.25, 0.3) is 0 Å². The van der Waals surface area contributed by atoms with Gasteiger partial charge in [-0.25, -0.2) is 4.79 Å². The predicted octanol–water partition coefficient (Wildman–Crippen LogP) is 0.692. The zero-order chi connectivity index (χ0) is 13.8. The summed E-state index contributed by atoms with van der Waals surface area (Å²) in [6.45, 7) is 5.69. The first-order valence-corrected chi connectivity index (χ1v) is 7.18. The minimum atomic E-state index is -0.648. The molecule has 0 bridgehead atoms. The highest BCUT2D eigenvalue weighted by molar-refractivity contribution is 7.99. The number of hydrogen-bond acceptors (Lipinski definition) is 5. The number of ether oxygens (including phenoxy) is 2. The fraction of sp³-hybridized carbons (Fsp3) is 0.667. The van der Waals surface area contributed by atoms with E-state index in [1.54, 1.807) is 11.8 Å². The van der Waals surface area contributed by atoms with Crippen molar-refractivity contribution >= 4 is 11.8 Å². The summed E-state index contributed by atoms with van der Waals surface area (Å²) in [5.41, 5.74) is -1.38. The van der Waals surface area contributed by atoms with E-state index in [0.717, 1.165) is 5.75 Å². The molecular weight excluding hydrogens is 268 g/mol. The summed E-state index contributed by atoms with van der Waals surface area (Å²) in [5.74, 6) is 0.112. The molecule has 0 aliphatic carbocycles. The van der Waals surface area contributed by atoms with Crippen molar-refractivity contribution < 1.29 is 9.47 Å². The Labute approximate surface area is 114 Å².